The topological polar surface area (TPSA) is 77.0 Å². The van der Waals surface area contributed by atoms with Crippen molar-refractivity contribution in [2.45, 2.75) is 38.3 Å². The molecule has 0 aromatic carbocycles. The summed E-state index contributed by atoms with van der Waals surface area (Å²) in [6.07, 6.45) is 9.97. The predicted molar refractivity (Wildman–Crippen MR) is 98.2 cm³/mol. The fraction of sp³-hybridized carbons (Fsp3) is 0.438. The number of rotatable bonds is 3. The quantitative estimate of drug-likeness (QED) is 0.898. The fourth-order valence-electron chi connectivity index (χ4n) is 2.98. The van der Waals surface area contributed by atoms with Gasteiger partial charge in [-0.15, -0.1) is 24.8 Å². The Morgan fingerprint density at radius 1 is 1.33 bits per heavy atom. The number of halogens is 2. The molecule has 6 nitrogen and oxygen atoms in total. The summed E-state index contributed by atoms with van der Waals surface area (Å²) in [5.74, 6) is 0.767. The first-order chi connectivity index (χ1) is 10.7. The number of imidazole rings is 1. The van der Waals surface area contributed by atoms with Gasteiger partial charge in [0.25, 0.3) is 5.91 Å². The maximum Gasteiger partial charge on any atom is 0.255 e. The summed E-state index contributed by atoms with van der Waals surface area (Å²) in [5.41, 5.74) is 6.65. The highest BCUT2D eigenvalue weighted by atomic mass is 35.5. The van der Waals surface area contributed by atoms with Gasteiger partial charge in [0.05, 0.1) is 5.56 Å². The molecule has 2 aromatic heterocycles. The highest BCUT2D eigenvalue weighted by Crippen LogP contribution is 2.21. The van der Waals surface area contributed by atoms with Crippen molar-refractivity contribution >= 4 is 30.7 Å². The lowest BCUT2D eigenvalue weighted by Gasteiger charge is -2.38. The molecule has 1 aliphatic rings. The molecule has 0 saturated carbocycles. The molecular formula is C16H23Cl2N5O. The van der Waals surface area contributed by atoms with Crippen molar-refractivity contribution < 1.29 is 4.79 Å². The Bertz CT molecular complexity index is 630. The second-order valence-corrected chi connectivity index (χ2v) is 5.80. The Morgan fingerprint density at radius 3 is 2.71 bits per heavy atom. The standard InChI is InChI=1S/C16H21N5O.2ClH/c1-12(17)14-4-2-3-8-21(14)16(22)13-5-6-15(19-10-13)20-9-7-18-11-20;;/h5-7,9-12,14H,2-4,8,17H2,1H3;2*1H. The first kappa shape index (κ1) is 20.4. The minimum absolute atomic E-state index is 0. The van der Waals surface area contributed by atoms with Crippen LogP contribution in [0.3, 0.4) is 0 Å². The zero-order valence-electron chi connectivity index (χ0n) is 13.5. The van der Waals surface area contributed by atoms with Gasteiger partial charge in [-0.1, -0.05) is 0 Å². The molecule has 1 fully saturated rings. The normalized spacial score (nSPS) is 18.2. The van der Waals surface area contributed by atoms with Crippen LogP contribution in [0.25, 0.3) is 5.82 Å². The molecule has 24 heavy (non-hydrogen) atoms. The molecule has 1 aliphatic heterocycles. The van der Waals surface area contributed by atoms with Crippen LogP contribution >= 0.6 is 24.8 Å². The highest BCUT2D eigenvalue weighted by molar-refractivity contribution is 5.94. The second kappa shape index (κ2) is 9.01. The van der Waals surface area contributed by atoms with Crippen molar-refractivity contribution in [3.8, 4) is 5.82 Å². The molecule has 8 heteroatoms. The second-order valence-electron chi connectivity index (χ2n) is 5.80. The van der Waals surface area contributed by atoms with E-state index in [-0.39, 0.29) is 42.8 Å². The van der Waals surface area contributed by atoms with Crippen LogP contribution in [-0.4, -0.2) is 44.0 Å². The molecule has 0 bridgehead atoms. The van der Waals surface area contributed by atoms with E-state index in [1.54, 1.807) is 23.3 Å². The van der Waals surface area contributed by atoms with E-state index < -0.39 is 0 Å². The first-order valence-corrected chi connectivity index (χ1v) is 7.68. The predicted octanol–water partition coefficient (Wildman–Crippen LogP) is 2.45. The molecule has 0 radical (unpaired) electrons. The lowest BCUT2D eigenvalue weighted by atomic mass is 9.96. The Morgan fingerprint density at radius 2 is 2.12 bits per heavy atom. The summed E-state index contributed by atoms with van der Waals surface area (Å²) in [5, 5.41) is 0. The zero-order valence-corrected chi connectivity index (χ0v) is 15.2. The summed E-state index contributed by atoms with van der Waals surface area (Å²) < 4.78 is 1.81. The van der Waals surface area contributed by atoms with Crippen molar-refractivity contribution in [1.29, 1.82) is 0 Å². The molecule has 132 valence electrons. The summed E-state index contributed by atoms with van der Waals surface area (Å²) in [6, 6.07) is 3.76. The number of hydrogen-bond donors (Lipinski definition) is 1. The Hall–Kier alpha value is -1.63. The fourth-order valence-corrected chi connectivity index (χ4v) is 2.98. The molecule has 2 atom stereocenters. The number of nitrogens with two attached hydrogens (primary N) is 1. The van der Waals surface area contributed by atoms with E-state index in [4.69, 9.17) is 5.73 Å². The van der Waals surface area contributed by atoms with Gasteiger partial charge in [0, 0.05) is 37.2 Å². The van der Waals surface area contributed by atoms with Crippen LogP contribution in [0.2, 0.25) is 0 Å². The molecule has 0 spiro atoms. The summed E-state index contributed by atoms with van der Waals surface area (Å²) in [4.78, 5) is 23.0. The number of aromatic nitrogens is 3. The Labute approximate surface area is 154 Å². The lowest BCUT2D eigenvalue weighted by molar-refractivity contribution is 0.0583. The van der Waals surface area contributed by atoms with E-state index in [9.17, 15) is 4.79 Å². The molecular weight excluding hydrogens is 349 g/mol. The van der Waals surface area contributed by atoms with Crippen LogP contribution < -0.4 is 5.73 Å². The van der Waals surface area contributed by atoms with Gasteiger partial charge < -0.3 is 10.6 Å². The summed E-state index contributed by atoms with van der Waals surface area (Å²) in [6.45, 7) is 2.74. The van der Waals surface area contributed by atoms with Crippen LogP contribution in [0, 0.1) is 0 Å². The monoisotopic (exact) mass is 371 g/mol. The van der Waals surface area contributed by atoms with Crippen LogP contribution in [-0.2, 0) is 0 Å². The molecule has 1 saturated heterocycles. The minimum Gasteiger partial charge on any atom is -0.334 e. The van der Waals surface area contributed by atoms with Crippen LogP contribution in [0.1, 0.15) is 36.5 Å². The molecule has 2 N–H and O–H groups in total. The maximum absolute atomic E-state index is 12.7. The van der Waals surface area contributed by atoms with E-state index >= 15 is 0 Å². The highest BCUT2D eigenvalue weighted by Gasteiger charge is 2.29. The molecule has 2 aromatic rings. The number of piperidine rings is 1. The lowest BCUT2D eigenvalue weighted by Crippen LogP contribution is -2.51. The van der Waals surface area contributed by atoms with E-state index in [0.717, 1.165) is 31.6 Å². The van der Waals surface area contributed by atoms with E-state index in [0.29, 0.717) is 5.56 Å². The van der Waals surface area contributed by atoms with Crippen LogP contribution in [0.5, 0.6) is 0 Å². The van der Waals surface area contributed by atoms with Gasteiger partial charge in [-0.3, -0.25) is 9.36 Å². The van der Waals surface area contributed by atoms with Crippen molar-refractivity contribution in [2.75, 3.05) is 6.54 Å². The Balaban J connectivity index is 0.00000144. The number of likely N-dealkylation sites (tertiary alicyclic amines) is 1. The third kappa shape index (κ3) is 4.26. The summed E-state index contributed by atoms with van der Waals surface area (Å²) in [7, 11) is 0. The SMILES string of the molecule is CC(N)C1CCCCN1C(=O)c1ccc(-n2ccnc2)nc1.Cl.Cl. The van der Waals surface area contributed by atoms with Gasteiger partial charge in [0.15, 0.2) is 0 Å². The third-order valence-electron chi connectivity index (χ3n) is 4.18. The third-order valence-corrected chi connectivity index (χ3v) is 4.18. The number of carbonyl (C=O) groups excluding carboxylic acids is 1. The average molecular weight is 372 g/mol. The number of nitrogens with zero attached hydrogens (tertiary/aromatic N) is 4. The van der Waals surface area contributed by atoms with Crippen molar-refractivity contribution in [3.63, 3.8) is 0 Å². The van der Waals surface area contributed by atoms with Crippen LogP contribution in [0.15, 0.2) is 37.1 Å². The van der Waals surface area contributed by atoms with Gasteiger partial charge in [-0.25, -0.2) is 9.97 Å². The maximum atomic E-state index is 12.7. The molecule has 1 amide bonds. The zero-order chi connectivity index (χ0) is 15.5. The van der Waals surface area contributed by atoms with Gasteiger partial charge in [0.1, 0.15) is 12.1 Å². The van der Waals surface area contributed by atoms with Crippen molar-refractivity contribution in [3.05, 3.63) is 42.6 Å². The number of carbonyl (C=O) groups is 1. The molecule has 0 aliphatic carbocycles. The summed E-state index contributed by atoms with van der Waals surface area (Å²) >= 11 is 0. The number of amides is 1. The smallest absolute Gasteiger partial charge is 0.255 e. The van der Waals surface area contributed by atoms with Crippen LogP contribution in [0.4, 0.5) is 0 Å². The van der Waals surface area contributed by atoms with Crippen molar-refractivity contribution in [2.24, 2.45) is 5.73 Å². The van der Waals surface area contributed by atoms with Gasteiger partial charge in [-0.2, -0.15) is 0 Å². The van der Waals surface area contributed by atoms with E-state index in [1.165, 1.54) is 0 Å². The van der Waals surface area contributed by atoms with E-state index in [1.807, 2.05) is 30.2 Å². The van der Waals surface area contributed by atoms with Gasteiger partial charge >= 0.3 is 0 Å². The first-order valence-electron chi connectivity index (χ1n) is 7.68. The van der Waals surface area contributed by atoms with Gasteiger partial charge in [0.2, 0.25) is 0 Å². The number of pyridine rings is 1. The van der Waals surface area contributed by atoms with Crippen molar-refractivity contribution in [1.82, 2.24) is 19.4 Å². The Kier molecular flexibility index (Phi) is 7.66. The number of hydrogen-bond acceptors (Lipinski definition) is 4. The molecule has 3 heterocycles. The largest absolute Gasteiger partial charge is 0.334 e. The van der Waals surface area contributed by atoms with Gasteiger partial charge in [-0.05, 0) is 38.3 Å². The van der Waals surface area contributed by atoms with E-state index in [2.05, 4.69) is 9.97 Å². The average Bonchev–Trinajstić information content (AvgIpc) is 3.09. The minimum atomic E-state index is -0.0116. The molecule has 2 unspecified atom stereocenters. The molecule has 3 rings (SSSR count).